The van der Waals surface area contributed by atoms with Gasteiger partial charge in [-0.3, -0.25) is 0 Å². The molecule has 0 spiro atoms. The van der Waals surface area contributed by atoms with Gasteiger partial charge in [-0.2, -0.15) is 0 Å². The molecule has 0 aliphatic rings. The van der Waals surface area contributed by atoms with Crippen LogP contribution in [0.4, 0.5) is 0 Å². The van der Waals surface area contributed by atoms with Crippen LogP contribution in [0.5, 0.6) is 0 Å². The Morgan fingerprint density at radius 1 is 0.513 bits per heavy atom. The minimum Gasteiger partial charge on any atom is -0.410 e. The van der Waals surface area contributed by atoms with E-state index in [0.717, 1.165) is 6.61 Å². The van der Waals surface area contributed by atoms with Crippen molar-refractivity contribution in [3.63, 3.8) is 0 Å². The van der Waals surface area contributed by atoms with Crippen molar-refractivity contribution in [2.45, 2.75) is 174 Å². The molecule has 2 nitrogen and oxygen atoms in total. The molecule has 228 valence electrons. The molecule has 1 rings (SSSR count). The Balaban J connectivity index is 2.93. The van der Waals surface area contributed by atoms with Crippen molar-refractivity contribution in [1.82, 2.24) is 0 Å². The molecule has 0 bridgehead atoms. The Kier molecular flexibility index (Phi) is 24.5. The second kappa shape index (κ2) is 26.3. The molecule has 0 aliphatic carbocycles. The molecule has 0 heterocycles. The van der Waals surface area contributed by atoms with Gasteiger partial charge < -0.3 is 9.16 Å². The van der Waals surface area contributed by atoms with E-state index in [2.05, 4.69) is 45.0 Å². The summed E-state index contributed by atoms with van der Waals surface area (Å²) in [6.45, 7) is 8.39. The minimum atomic E-state index is -2.07. The lowest BCUT2D eigenvalue weighted by Crippen LogP contribution is -2.52. The summed E-state index contributed by atoms with van der Waals surface area (Å²) in [7, 11) is -0.257. The zero-order valence-electron chi connectivity index (χ0n) is 27.0. The van der Waals surface area contributed by atoms with Crippen LogP contribution in [-0.2, 0) is 15.6 Å². The van der Waals surface area contributed by atoms with Gasteiger partial charge in [0.2, 0.25) is 8.32 Å². The van der Waals surface area contributed by atoms with E-state index in [1.165, 1.54) is 153 Å². The molecule has 0 radical (unpaired) electrons. The number of rotatable bonds is 29. The first-order valence-corrected chi connectivity index (χ1v) is 19.8. The van der Waals surface area contributed by atoms with Crippen LogP contribution in [0.3, 0.4) is 0 Å². The number of benzene rings is 1. The molecule has 0 aliphatic heterocycles. The lowest BCUT2D eigenvalue weighted by Gasteiger charge is -2.34. The number of unbranched alkanes of at least 4 members (excludes halogenated alkanes) is 18. The van der Waals surface area contributed by atoms with E-state index in [4.69, 9.17) is 9.16 Å². The SMILES string of the molecule is CCCCCCCCCc1ccccc1[Si](CCCCCCCCC)(CCCCCCCCC)OCCOC. The maximum Gasteiger partial charge on any atom is 0.224 e. The zero-order valence-corrected chi connectivity index (χ0v) is 28.0. The van der Waals surface area contributed by atoms with Crippen LogP contribution >= 0.6 is 0 Å². The molecule has 3 heteroatoms. The summed E-state index contributed by atoms with van der Waals surface area (Å²) in [5.41, 5.74) is 1.60. The predicted octanol–water partition coefficient (Wildman–Crippen LogP) is 11.3. The first-order chi connectivity index (χ1) is 19.2. The first kappa shape index (κ1) is 36.4. The third-order valence-electron chi connectivity index (χ3n) is 8.59. The Hall–Kier alpha value is -0.643. The van der Waals surface area contributed by atoms with Crippen molar-refractivity contribution < 1.29 is 9.16 Å². The van der Waals surface area contributed by atoms with Crippen molar-refractivity contribution in [2.24, 2.45) is 0 Å². The van der Waals surface area contributed by atoms with E-state index >= 15 is 0 Å². The van der Waals surface area contributed by atoms with Gasteiger partial charge in [-0.25, -0.2) is 0 Å². The van der Waals surface area contributed by atoms with Crippen molar-refractivity contribution in [3.05, 3.63) is 29.8 Å². The summed E-state index contributed by atoms with van der Waals surface area (Å²) in [5, 5.41) is 1.63. The van der Waals surface area contributed by atoms with Crippen LogP contribution in [0.15, 0.2) is 24.3 Å². The maximum absolute atomic E-state index is 7.07. The number of hydrogen-bond donors (Lipinski definition) is 0. The van der Waals surface area contributed by atoms with E-state index in [-0.39, 0.29) is 0 Å². The number of methoxy groups -OCH3 is 1. The number of hydrogen-bond acceptors (Lipinski definition) is 2. The standard InChI is InChI=1S/C36H68O2Si/c1-5-8-11-14-17-20-23-28-35-29-24-25-30-36(35)39(38-32-31-37-4,33-26-21-18-15-12-9-6-2)34-27-22-19-16-13-10-7-3/h24-25,29-30H,5-23,26-28,31-34H2,1-4H3. The molecule has 0 saturated heterocycles. The third-order valence-corrected chi connectivity index (χ3v) is 13.1. The molecule has 1 aromatic carbocycles. The Bertz CT molecular complexity index is 629. The molecule has 0 unspecified atom stereocenters. The highest BCUT2D eigenvalue weighted by molar-refractivity contribution is 6.87. The summed E-state index contributed by atoms with van der Waals surface area (Å²) in [6.07, 6.45) is 30.1. The van der Waals surface area contributed by atoms with E-state index in [1.54, 1.807) is 10.8 Å². The number of aryl methyl sites for hydroxylation is 1. The van der Waals surface area contributed by atoms with Gasteiger partial charge in [0.25, 0.3) is 0 Å². The van der Waals surface area contributed by atoms with E-state index in [0.29, 0.717) is 6.61 Å². The fourth-order valence-electron chi connectivity index (χ4n) is 6.13. The van der Waals surface area contributed by atoms with Gasteiger partial charge in [-0.05, 0) is 35.7 Å². The largest absolute Gasteiger partial charge is 0.410 e. The highest BCUT2D eigenvalue weighted by atomic mass is 28.4. The van der Waals surface area contributed by atoms with E-state index in [9.17, 15) is 0 Å². The van der Waals surface area contributed by atoms with E-state index < -0.39 is 8.32 Å². The molecule has 39 heavy (non-hydrogen) atoms. The molecule has 0 atom stereocenters. The van der Waals surface area contributed by atoms with Gasteiger partial charge >= 0.3 is 0 Å². The molecule has 0 aromatic heterocycles. The summed E-state index contributed by atoms with van der Waals surface area (Å²) >= 11 is 0. The predicted molar refractivity (Wildman–Crippen MR) is 177 cm³/mol. The molecule has 0 saturated carbocycles. The van der Waals surface area contributed by atoms with Gasteiger partial charge in [-0.15, -0.1) is 0 Å². The highest BCUT2D eigenvalue weighted by Crippen LogP contribution is 2.27. The van der Waals surface area contributed by atoms with Gasteiger partial charge in [-0.1, -0.05) is 173 Å². The quantitative estimate of drug-likeness (QED) is 0.0716. The van der Waals surface area contributed by atoms with Crippen LogP contribution in [-0.4, -0.2) is 28.6 Å². The smallest absolute Gasteiger partial charge is 0.224 e. The molecule has 0 N–H and O–H groups in total. The van der Waals surface area contributed by atoms with Crippen molar-refractivity contribution >= 4 is 13.5 Å². The fourth-order valence-corrected chi connectivity index (χ4v) is 10.7. The average molecular weight is 561 g/mol. The van der Waals surface area contributed by atoms with Gasteiger partial charge in [0.05, 0.1) is 13.2 Å². The van der Waals surface area contributed by atoms with Gasteiger partial charge in [0.15, 0.2) is 0 Å². The van der Waals surface area contributed by atoms with E-state index in [1.807, 2.05) is 7.11 Å². The Labute approximate surface area is 246 Å². The molecule has 0 amide bonds. The third kappa shape index (κ3) is 17.7. The molecular weight excluding hydrogens is 492 g/mol. The van der Waals surface area contributed by atoms with Crippen LogP contribution < -0.4 is 5.19 Å². The number of ether oxygens (including phenoxy) is 1. The molecule has 1 aromatic rings. The lowest BCUT2D eigenvalue weighted by atomic mass is 10.0. The zero-order chi connectivity index (χ0) is 28.3. The summed E-state index contributed by atoms with van der Waals surface area (Å²) in [5.74, 6) is 0. The summed E-state index contributed by atoms with van der Waals surface area (Å²) in [4.78, 5) is 0. The summed E-state index contributed by atoms with van der Waals surface area (Å²) < 4.78 is 12.6. The maximum atomic E-state index is 7.07. The van der Waals surface area contributed by atoms with Crippen LogP contribution in [0, 0.1) is 0 Å². The lowest BCUT2D eigenvalue weighted by molar-refractivity contribution is 0.142. The fraction of sp³-hybridized carbons (Fsp3) is 0.833. The van der Waals surface area contributed by atoms with Crippen LogP contribution in [0.1, 0.15) is 161 Å². The van der Waals surface area contributed by atoms with Crippen LogP contribution in [0.2, 0.25) is 12.1 Å². The van der Waals surface area contributed by atoms with Gasteiger partial charge in [0, 0.05) is 7.11 Å². The van der Waals surface area contributed by atoms with Crippen molar-refractivity contribution in [1.29, 1.82) is 0 Å². The highest BCUT2D eigenvalue weighted by Gasteiger charge is 2.37. The Morgan fingerprint density at radius 3 is 1.44 bits per heavy atom. The van der Waals surface area contributed by atoms with Crippen LogP contribution in [0.25, 0.3) is 0 Å². The van der Waals surface area contributed by atoms with Crippen molar-refractivity contribution in [2.75, 3.05) is 20.3 Å². The average Bonchev–Trinajstić information content (AvgIpc) is 2.95. The minimum absolute atomic E-state index is 0.711. The normalized spacial score (nSPS) is 11.9. The second-order valence-electron chi connectivity index (χ2n) is 12.1. The van der Waals surface area contributed by atoms with Crippen molar-refractivity contribution in [3.8, 4) is 0 Å². The Morgan fingerprint density at radius 2 is 0.949 bits per heavy atom. The molecule has 0 fully saturated rings. The summed E-state index contributed by atoms with van der Waals surface area (Å²) in [6, 6.07) is 12.0. The first-order valence-electron chi connectivity index (χ1n) is 17.4. The monoisotopic (exact) mass is 560 g/mol. The topological polar surface area (TPSA) is 18.5 Å². The second-order valence-corrected chi connectivity index (χ2v) is 15.9. The molecular formula is C36H68O2Si. The van der Waals surface area contributed by atoms with Gasteiger partial charge in [0.1, 0.15) is 0 Å².